The van der Waals surface area contributed by atoms with Gasteiger partial charge in [-0.1, -0.05) is 5.92 Å². The van der Waals surface area contributed by atoms with Crippen LogP contribution < -0.4 is 10.6 Å². The summed E-state index contributed by atoms with van der Waals surface area (Å²) in [5.74, 6) is 4.58. The highest BCUT2D eigenvalue weighted by Crippen LogP contribution is 2.09. The summed E-state index contributed by atoms with van der Waals surface area (Å²) in [5, 5.41) is 5.95. The summed E-state index contributed by atoms with van der Waals surface area (Å²) in [6.07, 6.45) is 5.56. The predicted molar refractivity (Wildman–Crippen MR) is 55.6 cm³/mol. The van der Waals surface area contributed by atoms with Crippen molar-refractivity contribution in [3.05, 3.63) is 0 Å². The number of rotatable bonds is 3. The molecule has 0 aliphatic carbocycles. The van der Waals surface area contributed by atoms with Crippen LogP contribution in [-0.4, -0.2) is 36.5 Å². The third-order valence-corrected chi connectivity index (χ3v) is 2.95. The van der Waals surface area contributed by atoms with Crippen LogP contribution in [0.15, 0.2) is 0 Å². The Bertz CT molecular complexity index is 206. The van der Waals surface area contributed by atoms with Gasteiger partial charge in [0.2, 0.25) is 5.91 Å². The van der Waals surface area contributed by atoms with E-state index in [1.807, 2.05) is 11.8 Å². The molecule has 3 nitrogen and oxygen atoms in total. The van der Waals surface area contributed by atoms with Crippen LogP contribution in [0.1, 0.15) is 6.42 Å². The standard InChI is InChI=1S/C9H14N2OS/c1-2-3-11-9(12)6-8-7-13-5-4-10-8/h1,8,10H,3-7H2,(H,11,12). The van der Waals surface area contributed by atoms with Gasteiger partial charge in [-0.25, -0.2) is 0 Å². The zero-order valence-electron chi connectivity index (χ0n) is 7.51. The fraction of sp³-hybridized carbons (Fsp3) is 0.667. The first kappa shape index (κ1) is 10.4. The maximum absolute atomic E-state index is 11.2. The van der Waals surface area contributed by atoms with E-state index >= 15 is 0 Å². The van der Waals surface area contributed by atoms with Crippen LogP contribution in [0, 0.1) is 12.3 Å². The number of carbonyl (C=O) groups is 1. The highest BCUT2D eigenvalue weighted by molar-refractivity contribution is 7.99. The van der Waals surface area contributed by atoms with E-state index in [2.05, 4.69) is 16.6 Å². The topological polar surface area (TPSA) is 41.1 Å². The maximum atomic E-state index is 11.2. The Kier molecular flexibility index (Phi) is 4.73. The molecule has 0 bridgehead atoms. The largest absolute Gasteiger partial charge is 0.345 e. The summed E-state index contributed by atoms with van der Waals surface area (Å²) in [5.41, 5.74) is 0. The van der Waals surface area contributed by atoms with E-state index in [1.165, 1.54) is 0 Å². The SMILES string of the molecule is C#CCNC(=O)CC1CSCCN1. The monoisotopic (exact) mass is 198 g/mol. The van der Waals surface area contributed by atoms with E-state index in [0.29, 0.717) is 19.0 Å². The van der Waals surface area contributed by atoms with Crippen molar-refractivity contribution >= 4 is 17.7 Å². The average molecular weight is 198 g/mol. The molecule has 1 aliphatic rings. The van der Waals surface area contributed by atoms with Crippen molar-refractivity contribution in [3.63, 3.8) is 0 Å². The molecule has 2 N–H and O–H groups in total. The van der Waals surface area contributed by atoms with Crippen LogP contribution in [0.25, 0.3) is 0 Å². The number of carbonyl (C=O) groups excluding carboxylic acids is 1. The molecule has 1 heterocycles. The molecule has 0 spiro atoms. The molecule has 13 heavy (non-hydrogen) atoms. The fourth-order valence-electron chi connectivity index (χ4n) is 1.20. The van der Waals surface area contributed by atoms with Gasteiger partial charge in [-0.3, -0.25) is 4.79 Å². The molecule has 0 radical (unpaired) electrons. The molecule has 1 fully saturated rings. The molecule has 0 aromatic carbocycles. The first-order chi connectivity index (χ1) is 6.33. The van der Waals surface area contributed by atoms with Gasteiger partial charge >= 0.3 is 0 Å². The summed E-state index contributed by atoms with van der Waals surface area (Å²) in [6, 6.07) is 0.316. The lowest BCUT2D eigenvalue weighted by atomic mass is 10.2. The van der Waals surface area contributed by atoms with Gasteiger partial charge in [0.05, 0.1) is 6.54 Å². The zero-order chi connectivity index (χ0) is 9.52. The Balaban J connectivity index is 2.15. The van der Waals surface area contributed by atoms with E-state index in [-0.39, 0.29) is 5.91 Å². The smallest absolute Gasteiger partial charge is 0.222 e. The molecule has 1 saturated heterocycles. The summed E-state index contributed by atoms with van der Waals surface area (Å²) in [6.45, 7) is 1.33. The fourth-order valence-corrected chi connectivity index (χ4v) is 2.15. The van der Waals surface area contributed by atoms with E-state index in [4.69, 9.17) is 6.42 Å². The molecular weight excluding hydrogens is 184 g/mol. The number of hydrogen-bond donors (Lipinski definition) is 2. The predicted octanol–water partition coefficient (Wildman–Crippen LogP) is -0.169. The first-order valence-corrected chi connectivity index (χ1v) is 5.49. The molecular formula is C9H14N2OS. The molecule has 1 rings (SSSR count). The second kappa shape index (κ2) is 5.90. The van der Waals surface area contributed by atoms with Crippen molar-refractivity contribution in [2.24, 2.45) is 0 Å². The van der Waals surface area contributed by atoms with Gasteiger partial charge in [0, 0.05) is 30.5 Å². The molecule has 0 aromatic heterocycles. The average Bonchev–Trinajstić information content (AvgIpc) is 2.16. The molecule has 0 saturated carbocycles. The number of nitrogens with one attached hydrogen (secondary N) is 2. The van der Waals surface area contributed by atoms with Crippen molar-refractivity contribution in [3.8, 4) is 12.3 Å². The van der Waals surface area contributed by atoms with Crippen LogP contribution in [0.3, 0.4) is 0 Å². The van der Waals surface area contributed by atoms with Gasteiger partial charge in [-0.2, -0.15) is 11.8 Å². The lowest BCUT2D eigenvalue weighted by molar-refractivity contribution is -0.121. The summed E-state index contributed by atoms with van der Waals surface area (Å²) < 4.78 is 0. The van der Waals surface area contributed by atoms with Gasteiger partial charge in [-0.15, -0.1) is 6.42 Å². The van der Waals surface area contributed by atoms with Crippen LogP contribution >= 0.6 is 11.8 Å². The minimum Gasteiger partial charge on any atom is -0.345 e. The van der Waals surface area contributed by atoms with E-state index in [1.54, 1.807) is 0 Å². The van der Waals surface area contributed by atoms with Gasteiger partial charge in [-0.05, 0) is 0 Å². The lowest BCUT2D eigenvalue weighted by Gasteiger charge is -2.22. The normalized spacial score (nSPS) is 21.9. The minimum atomic E-state index is 0.0398. The van der Waals surface area contributed by atoms with Crippen LogP contribution in [0.2, 0.25) is 0 Å². The Morgan fingerprint density at radius 2 is 2.62 bits per heavy atom. The van der Waals surface area contributed by atoms with Crippen LogP contribution in [0.5, 0.6) is 0 Å². The Hall–Kier alpha value is -0.660. The lowest BCUT2D eigenvalue weighted by Crippen LogP contribution is -2.41. The van der Waals surface area contributed by atoms with E-state index < -0.39 is 0 Å². The number of amides is 1. The van der Waals surface area contributed by atoms with Gasteiger partial charge in [0.15, 0.2) is 0 Å². The molecule has 0 aromatic rings. The number of thioether (sulfide) groups is 1. The van der Waals surface area contributed by atoms with Crippen molar-refractivity contribution < 1.29 is 4.79 Å². The number of hydrogen-bond acceptors (Lipinski definition) is 3. The van der Waals surface area contributed by atoms with Crippen molar-refractivity contribution in [2.45, 2.75) is 12.5 Å². The zero-order valence-corrected chi connectivity index (χ0v) is 8.32. The summed E-state index contributed by atoms with van der Waals surface area (Å²) in [4.78, 5) is 11.2. The molecule has 1 atom stereocenters. The third-order valence-electron chi connectivity index (χ3n) is 1.82. The minimum absolute atomic E-state index is 0.0398. The highest BCUT2D eigenvalue weighted by Gasteiger charge is 2.15. The van der Waals surface area contributed by atoms with Gasteiger partial charge in [0.25, 0.3) is 0 Å². The van der Waals surface area contributed by atoms with Crippen LogP contribution in [-0.2, 0) is 4.79 Å². The molecule has 1 unspecified atom stereocenters. The Morgan fingerprint density at radius 1 is 1.77 bits per heavy atom. The van der Waals surface area contributed by atoms with Crippen molar-refractivity contribution in [1.29, 1.82) is 0 Å². The second-order valence-corrected chi connectivity index (χ2v) is 4.06. The Labute approximate surface area is 83.0 Å². The van der Waals surface area contributed by atoms with E-state index in [0.717, 1.165) is 18.1 Å². The molecule has 1 amide bonds. The Morgan fingerprint density at radius 3 is 3.23 bits per heavy atom. The maximum Gasteiger partial charge on any atom is 0.222 e. The van der Waals surface area contributed by atoms with Crippen molar-refractivity contribution in [1.82, 2.24) is 10.6 Å². The van der Waals surface area contributed by atoms with Gasteiger partial charge in [0.1, 0.15) is 0 Å². The third kappa shape index (κ3) is 4.20. The van der Waals surface area contributed by atoms with E-state index in [9.17, 15) is 4.79 Å². The van der Waals surface area contributed by atoms with Crippen molar-refractivity contribution in [2.75, 3.05) is 24.6 Å². The number of terminal acetylenes is 1. The summed E-state index contributed by atoms with van der Waals surface area (Å²) in [7, 11) is 0. The highest BCUT2D eigenvalue weighted by atomic mass is 32.2. The first-order valence-electron chi connectivity index (χ1n) is 4.34. The molecule has 4 heteroatoms. The second-order valence-electron chi connectivity index (χ2n) is 2.91. The quantitative estimate of drug-likeness (QED) is 0.619. The molecule has 1 aliphatic heterocycles. The molecule has 72 valence electrons. The van der Waals surface area contributed by atoms with Gasteiger partial charge < -0.3 is 10.6 Å². The summed E-state index contributed by atoms with van der Waals surface area (Å²) >= 11 is 1.89. The van der Waals surface area contributed by atoms with Crippen LogP contribution in [0.4, 0.5) is 0 Å².